The summed E-state index contributed by atoms with van der Waals surface area (Å²) in [5.41, 5.74) is 3.97. The Morgan fingerprint density at radius 3 is 2.44 bits per heavy atom. The summed E-state index contributed by atoms with van der Waals surface area (Å²) in [6, 6.07) is 0. The van der Waals surface area contributed by atoms with Crippen LogP contribution in [0.3, 0.4) is 0 Å². The van der Waals surface area contributed by atoms with Crippen molar-refractivity contribution in [1.29, 1.82) is 0 Å². The monoisotopic (exact) mass is 129 g/mol. The molecule has 0 fully saturated rings. The maximum atomic E-state index is 3.99. The van der Waals surface area contributed by atoms with Gasteiger partial charge in [-0.25, -0.2) is 0 Å². The summed E-state index contributed by atoms with van der Waals surface area (Å²) < 4.78 is 0. The minimum absolute atomic E-state index is 0.891. The zero-order chi connectivity index (χ0) is 7.11. The first-order chi connectivity index (χ1) is 4.27. The molecular weight excluding hydrogens is 114 g/mol. The molecule has 0 aromatic carbocycles. The Morgan fingerprint density at radius 1 is 1.33 bits per heavy atom. The third kappa shape index (κ3) is 7.43. The van der Waals surface area contributed by atoms with Gasteiger partial charge in [0.15, 0.2) is 0 Å². The predicted molar refractivity (Wildman–Crippen MR) is 40.7 cm³/mol. The molecule has 0 aromatic rings. The molecule has 3 heteroatoms. The van der Waals surface area contributed by atoms with E-state index in [4.69, 9.17) is 0 Å². The van der Waals surface area contributed by atoms with E-state index in [2.05, 4.69) is 15.8 Å². The standard InChI is InChI=1S/C6H15N3/c1-6(2)9-8-5-4-7-3/h7-8H,4-5H2,1-3H3. The number of hydrogen-bond acceptors (Lipinski definition) is 3. The maximum absolute atomic E-state index is 3.99. The SMILES string of the molecule is CNCCNN=C(C)C. The first-order valence-electron chi connectivity index (χ1n) is 3.15. The molecule has 0 amide bonds. The third-order valence-electron chi connectivity index (χ3n) is 0.789. The van der Waals surface area contributed by atoms with Crippen LogP contribution >= 0.6 is 0 Å². The number of nitrogens with zero attached hydrogens (tertiary/aromatic N) is 1. The molecule has 9 heavy (non-hydrogen) atoms. The van der Waals surface area contributed by atoms with Gasteiger partial charge in [-0.2, -0.15) is 5.10 Å². The van der Waals surface area contributed by atoms with E-state index >= 15 is 0 Å². The topological polar surface area (TPSA) is 36.4 Å². The second-order valence-corrected chi connectivity index (χ2v) is 2.07. The summed E-state index contributed by atoms with van der Waals surface area (Å²) in [6.07, 6.45) is 0. The summed E-state index contributed by atoms with van der Waals surface area (Å²) in [4.78, 5) is 0. The van der Waals surface area contributed by atoms with Gasteiger partial charge in [-0.3, -0.25) is 0 Å². The average molecular weight is 129 g/mol. The molecule has 0 unspecified atom stereocenters. The van der Waals surface area contributed by atoms with Gasteiger partial charge >= 0.3 is 0 Å². The van der Waals surface area contributed by atoms with E-state index in [9.17, 15) is 0 Å². The van der Waals surface area contributed by atoms with Crippen LogP contribution in [0.1, 0.15) is 13.8 Å². The van der Waals surface area contributed by atoms with Crippen molar-refractivity contribution in [1.82, 2.24) is 10.7 Å². The van der Waals surface area contributed by atoms with E-state index in [1.165, 1.54) is 0 Å². The van der Waals surface area contributed by atoms with Crippen molar-refractivity contribution in [2.24, 2.45) is 5.10 Å². The fraction of sp³-hybridized carbons (Fsp3) is 0.833. The van der Waals surface area contributed by atoms with E-state index in [-0.39, 0.29) is 0 Å². The molecule has 0 heterocycles. The van der Waals surface area contributed by atoms with E-state index in [1.807, 2.05) is 20.9 Å². The van der Waals surface area contributed by atoms with Gasteiger partial charge in [0.1, 0.15) is 0 Å². The zero-order valence-corrected chi connectivity index (χ0v) is 6.36. The highest BCUT2D eigenvalue weighted by atomic mass is 15.3. The van der Waals surface area contributed by atoms with Crippen LogP contribution in [-0.2, 0) is 0 Å². The summed E-state index contributed by atoms with van der Waals surface area (Å²) in [7, 11) is 1.92. The molecule has 0 aliphatic heterocycles. The molecule has 0 aliphatic carbocycles. The lowest BCUT2D eigenvalue weighted by Crippen LogP contribution is -2.21. The zero-order valence-electron chi connectivity index (χ0n) is 6.36. The highest BCUT2D eigenvalue weighted by Gasteiger charge is 1.78. The smallest absolute Gasteiger partial charge is 0.0454 e. The maximum Gasteiger partial charge on any atom is 0.0454 e. The van der Waals surface area contributed by atoms with Gasteiger partial charge in [-0.15, -0.1) is 0 Å². The van der Waals surface area contributed by atoms with Crippen molar-refractivity contribution < 1.29 is 0 Å². The van der Waals surface area contributed by atoms with E-state index in [1.54, 1.807) is 0 Å². The van der Waals surface area contributed by atoms with Crippen LogP contribution in [0.15, 0.2) is 5.10 Å². The molecule has 0 spiro atoms. The number of rotatable bonds is 4. The summed E-state index contributed by atoms with van der Waals surface area (Å²) in [6.45, 7) is 5.78. The van der Waals surface area contributed by atoms with E-state index < -0.39 is 0 Å². The average Bonchev–Trinajstić information content (AvgIpc) is 1.80. The molecule has 0 aliphatic rings. The number of hydrazone groups is 1. The van der Waals surface area contributed by atoms with Crippen LogP contribution in [0.25, 0.3) is 0 Å². The molecular formula is C6H15N3. The predicted octanol–water partition coefficient (Wildman–Crippen LogP) is 0.191. The van der Waals surface area contributed by atoms with Crippen molar-refractivity contribution in [2.45, 2.75) is 13.8 Å². The molecule has 0 atom stereocenters. The molecule has 0 saturated heterocycles. The van der Waals surface area contributed by atoms with Crippen molar-refractivity contribution in [3.63, 3.8) is 0 Å². The Morgan fingerprint density at radius 2 is 2.00 bits per heavy atom. The lowest BCUT2D eigenvalue weighted by Gasteiger charge is -1.98. The number of hydrogen-bond donors (Lipinski definition) is 2. The second-order valence-electron chi connectivity index (χ2n) is 2.07. The van der Waals surface area contributed by atoms with E-state index in [0.717, 1.165) is 18.8 Å². The Balaban J connectivity index is 3.00. The van der Waals surface area contributed by atoms with Gasteiger partial charge in [0.25, 0.3) is 0 Å². The van der Waals surface area contributed by atoms with Crippen molar-refractivity contribution in [3.05, 3.63) is 0 Å². The van der Waals surface area contributed by atoms with Gasteiger partial charge in [0.05, 0.1) is 0 Å². The molecule has 3 nitrogen and oxygen atoms in total. The van der Waals surface area contributed by atoms with Crippen LogP contribution in [0.5, 0.6) is 0 Å². The molecule has 0 saturated carbocycles. The first kappa shape index (κ1) is 8.43. The molecule has 54 valence electrons. The third-order valence-corrected chi connectivity index (χ3v) is 0.789. The van der Waals surface area contributed by atoms with Crippen molar-refractivity contribution >= 4 is 5.71 Å². The summed E-state index contributed by atoms with van der Waals surface area (Å²) >= 11 is 0. The highest BCUT2D eigenvalue weighted by Crippen LogP contribution is 1.67. The first-order valence-corrected chi connectivity index (χ1v) is 3.15. The van der Waals surface area contributed by atoms with Gasteiger partial charge in [-0.1, -0.05) is 0 Å². The van der Waals surface area contributed by atoms with Crippen LogP contribution in [0.4, 0.5) is 0 Å². The molecule has 2 N–H and O–H groups in total. The summed E-state index contributed by atoms with van der Waals surface area (Å²) in [5, 5.41) is 7.00. The largest absolute Gasteiger partial charge is 0.318 e. The summed E-state index contributed by atoms with van der Waals surface area (Å²) in [5.74, 6) is 0. The molecule has 0 aromatic heterocycles. The Labute approximate surface area is 56.5 Å². The number of nitrogens with one attached hydrogen (secondary N) is 2. The minimum Gasteiger partial charge on any atom is -0.318 e. The number of likely N-dealkylation sites (N-methyl/N-ethyl adjacent to an activating group) is 1. The lowest BCUT2D eigenvalue weighted by atomic mass is 10.5. The fourth-order valence-electron chi connectivity index (χ4n) is 0.395. The van der Waals surface area contributed by atoms with Crippen LogP contribution in [-0.4, -0.2) is 25.8 Å². The molecule has 0 radical (unpaired) electrons. The van der Waals surface area contributed by atoms with Crippen molar-refractivity contribution in [3.8, 4) is 0 Å². The van der Waals surface area contributed by atoms with Crippen LogP contribution in [0, 0.1) is 0 Å². The van der Waals surface area contributed by atoms with Gasteiger partial charge in [0.2, 0.25) is 0 Å². The molecule has 0 rings (SSSR count). The minimum atomic E-state index is 0.891. The molecule has 0 bridgehead atoms. The van der Waals surface area contributed by atoms with Crippen LogP contribution < -0.4 is 10.7 Å². The highest BCUT2D eigenvalue weighted by molar-refractivity contribution is 5.78. The fourth-order valence-corrected chi connectivity index (χ4v) is 0.395. The lowest BCUT2D eigenvalue weighted by molar-refractivity contribution is 0.680. The van der Waals surface area contributed by atoms with Gasteiger partial charge in [0, 0.05) is 18.8 Å². The quantitative estimate of drug-likeness (QED) is 0.323. The second kappa shape index (κ2) is 5.56. The Hall–Kier alpha value is -0.570. The Kier molecular flexibility index (Phi) is 5.21. The Bertz CT molecular complexity index is 84.3. The van der Waals surface area contributed by atoms with Gasteiger partial charge < -0.3 is 10.7 Å². The normalized spacial score (nSPS) is 8.78. The van der Waals surface area contributed by atoms with E-state index in [0.29, 0.717) is 0 Å². The van der Waals surface area contributed by atoms with Gasteiger partial charge in [-0.05, 0) is 20.9 Å². The van der Waals surface area contributed by atoms with Crippen molar-refractivity contribution in [2.75, 3.05) is 20.1 Å². The van der Waals surface area contributed by atoms with Crippen LogP contribution in [0.2, 0.25) is 0 Å².